The van der Waals surface area contributed by atoms with E-state index in [2.05, 4.69) is 19.6 Å². The molecule has 2 nitrogen and oxygen atoms in total. The number of fused-ring (bicyclic) bond motifs is 2. The standard InChI is InChI=1S/C13H18O2/c1-4-9-5-11-6-10(9)7-12(11)15-13(14)8(2)3/h4,10-12H,2,5-7H2,1,3H3/b9-4+. The molecule has 0 amide bonds. The fraction of sp³-hybridized carbons (Fsp3) is 0.615. The molecule has 0 N–H and O–H groups in total. The maximum atomic E-state index is 11.4. The summed E-state index contributed by atoms with van der Waals surface area (Å²) < 4.78 is 5.43. The zero-order valence-corrected chi connectivity index (χ0v) is 9.45. The number of carbonyl (C=O) groups is 1. The van der Waals surface area contributed by atoms with Crippen molar-refractivity contribution < 1.29 is 9.53 Å². The molecule has 0 aromatic carbocycles. The molecule has 0 aromatic heterocycles. The fourth-order valence-corrected chi connectivity index (χ4v) is 2.81. The highest BCUT2D eigenvalue weighted by Gasteiger charge is 2.44. The Bertz CT molecular complexity index is 327. The highest BCUT2D eigenvalue weighted by molar-refractivity contribution is 5.87. The topological polar surface area (TPSA) is 26.3 Å². The Hall–Kier alpha value is -1.05. The van der Waals surface area contributed by atoms with Crippen molar-refractivity contribution in [2.24, 2.45) is 11.8 Å². The number of esters is 1. The Morgan fingerprint density at radius 3 is 2.73 bits per heavy atom. The van der Waals surface area contributed by atoms with Crippen LogP contribution < -0.4 is 0 Å². The summed E-state index contributed by atoms with van der Waals surface area (Å²) in [6.07, 6.45) is 5.71. The molecule has 0 spiro atoms. The molecule has 3 unspecified atom stereocenters. The molecule has 15 heavy (non-hydrogen) atoms. The van der Waals surface area contributed by atoms with E-state index in [1.54, 1.807) is 12.5 Å². The molecule has 0 aliphatic heterocycles. The fourth-order valence-electron chi connectivity index (χ4n) is 2.81. The largest absolute Gasteiger partial charge is 0.459 e. The van der Waals surface area contributed by atoms with Crippen LogP contribution in [0.5, 0.6) is 0 Å². The molecule has 2 aliphatic rings. The van der Waals surface area contributed by atoms with Crippen LogP contribution in [0.3, 0.4) is 0 Å². The first-order chi connectivity index (χ1) is 7.11. The van der Waals surface area contributed by atoms with Crippen molar-refractivity contribution in [2.45, 2.75) is 39.2 Å². The first kappa shape index (κ1) is 10.5. The lowest BCUT2D eigenvalue weighted by Gasteiger charge is -2.23. The third kappa shape index (κ3) is 1.85. The quantitative estimate of drug-likeness (QED) is 0.394. The molecule has 0 saturated heterocycles. The summed E-state index contributed by atoms with van der Waals surface area (Å²) in [4.78, 5) is 11.4. The normalized spacial score (nSPS) is 35.9. The molecule has 0 heterocycles. The molecule has 2 heteroatoms. The van der Waals surface area contributed by atoms with Crippen molar-refractivity contribution in [2.75, 3.05) is 0 Å². The maximum Gasteiger partial charge on any atom is 0.333 e. The first-order valence-electron chi connectivity index (χ1n) is 5.63. The van der Waals surface area contributed by atoms with Crippen LogP contribution in [0.25, 0.3) is 0 Å². The van der Waals surface area contributed by atoms with E-state index in [0.717, 1.165) is 12.8 Å². The summed E-state index contributed by atoms with van der Waals surface area (Å²) in [6, 6.07) is 0. The van der Waals surface area contributed by atoms with Gasteiger partial charge in [-0.3, -0.25) is 0 Å². The Morgan fingerprint density at radius 2 is 2.27 bits per heavy atom. The van der Waals surface area contributed by atoms with E-state index in [1.807, 2.05) is 0 Å². The van der Waals surface area contributed by atoms with Crippen molar-refractivity contribution in [3.63, 3.8) is 0 Å². The van der Waals surface area contributed by atoms with Crippen molar-refractivity contribution in [3.05, 3.63) is 23.8 Å². The molecule has 3 atom stereocenters. The average molecular weight is 206 g/mol. The summed E-state index contributed by atoms with van der Waals surface area (Å²) in [5.74, 6) is 1.00. The van der Waals surface area contributed by atoms with Crippen LogP contribution in [0, 0.1) is 11.8 Å². The first-order valence-corrected chi connectivity index (χ1v) is 5.63. The van der Waals surface area contributed by atoms with Crippen LogP contribution >= 0.6 is 0 Å². The van der Waals surface area contributed by atoms with Crippen molar-refractivity contribution in [1.82, 2.24) is 0 Å². The van der Waals surface area contributed by atoms with Crippen molar-refractivity contribution >= 4 is 5.97 Å². The van der Waals surface area contributed by atoms with E-state index >= 15 is 0 Å². The van der Waals surface area contributed by atoms with Gasteiger partial charge in [0.1, 0.15) is 6.10 Å². The van der Waals surface area contributed by atoms with Crippen LogP contribution in [0.2, 0.25) is 0 Å². The Labute approximate surface area is 91.0 Å². The number of hydrogen-bond acceptors (Lipinski definition) is 2. The summed E-state index contributed by atoms with van der Waals surface area (Å²) in [6.45, 7) is 7.41. The van der Waals surface area contributed by atoms with Gasteiger partial charge in [-0.1, -0.05) is 18.2 Å². The van der Waals surface area contributed by atoms with Crippen LogP contribution in [-0.4, -0.2) is 12.1 Å². The van der Waals surface area contributed by atoms with Gasteiger partial charge >= 0.3 is 5.97 Å². The molecule has 2 rings (SSSR count). The highest BCUT2D eigenvalue weighted by Crippen LogP contribution is 2.49. The smallest absolute Gasteiger partial charge is 0.333 e. The van der Waals surface area contributed by atoms with Crippen molar-refractivity contribution in [1.29, 1.82) is 0 Å². The van der Waals surface area contributed by atoms with Gasteiger partial charge in [-0.2, -0.15) is 0 Å². The predicted molar refractivity (Wildman–Crippen MR) is 59.3 cm³/mol. The lowest BCUT2D eigenvalue weighted by atomic mass is 9.92. The maximum absolute atomic E-state index is 11.4. The molecule has 2 bridgehead atoms. The summed E-state index contributed by atoms with van der Waals surface area (Å²) in [5.41, 5.74) is 2.06. The lowest BCUT2D eigenvalue weighted by molar-refractivity contribution is -0.146. The van der Waals surface area contributed by atoms with Gasteiger partial charge in [-0.05, 0) is 39.0 Å². The second kappa shape index (κ2) is 3.84. The molecule has 2 aliphatic carbocycles. The summed E-state index contributed by atoms with van der Waals surface area (Å²) in [7, 11) is 0. The van der Waals surface area contributed by atoms with Gasteiger partial charge in [0, 0.05) is 11.5 Å². The minimum Gasteiger partial charge on any atom is -0.459 e. The van der Waals surface area contributed by atoms with E-state index < -0.39 is 0 Å². The van der Waals surface area contributed by atoms with Gasteiger partial charge in [0.2, 0.25) is 0 Å². The van der Waals surface area contributed by atoms with Crippen LogP contribution in [0.4, 0.5) is 0 Å². The SMILES string of the molecule is C=C(C)C(=O)OC1CC2CC1C/C2=C\C. The third-order valence-electron chi connectivity index (χ3n) is 3.63. The molecule has 2 saturated carbocycles. The van der Waals surface area contributed by atoms with Crippen molar-refractivity contribution in [3.8, 4) is 0 Å². The second-order valence-corrected chi connectivity index (χ2v) is 4.72. The number of rotatable bonds is 2. The predicted octanol–water partition coefficient (Wildman–Crippen LogP) is 2.85. The van der Waals surface area contributed by atoms with Gasteiger partial charge in [0.15, 0.2) is 0 Å². The molecule has 82 valence electrons. The minimum absolute atomic E-state index is 0.142. The Morgan fingerprint density at radius 1 is 1.53 bits per heavy atom. The number of ether oxygens (including phenoxy) is 1. The van der Waals surface area contributed by atoms with Gasteiger partial charge in [-0.25, -0.2) is 4.79 Å². The molecule has 0 aromatic rings. The molecule has 2 fully saturated rings. The number of allylic oxidation sites excluding steroid dienone is 2. The molecular formula is C13H18O2. The minimum atomic E-state index is -0.227. The van der Waals surface area contributed by atoms with Crippen LogP contribution in [0.1, 0.15) is 33.1 Å². The molecular weight excluding hydrogens is 188 g/mol. The molecule has 0 radical (unpaired) electrons. The van der Waals surface area contributed by atoms with E-state index in [0.29, 0.717) is 17.4 Å². The summed E-state index contributed by atoms with van der Waals surface area (Å²) >= 11 is 0. The van der Waals surface area contributed by atoms with Gasteiger partial charge in [-0.15, -0.1) is 0 Å². The third-order valence-corrected chi connectivity index (χ3v) is 3.63. The number of hydrogen-bond donors (Lipinski definition) is 0. The second-order valence-electron chi connectivity index (χ2n) is 4.72. The van der Waals surface area contributed by atoms with Gasteiger partial charge < -0.3 is 4.74 Å². The highest BCUT2D eigenvalue weighted by atomic mass is 16.5. The van der Waals surface area contributed by atoms with Gasteiger partial charge in [0.25, 0.3) is 0 Å². The zero-order valence-electron chi connectivity index (χ0n) is 9.45. The Balaban J connectivity index is 1.95. The van der Waals surface area contributed by atoms with Gasteiger partial charge in [0.05, 0.1) is 0 Å². The monoisotopic (exact) mass is 206 g/mol. The van der Waals surface area contributed by atoms with Crippen LogP contribution in [-0.2, 0) is 9.53 Å². The lowest BCUT2D eigenvalue weighted by Crippen LogP contribution is -2.24. The Kier molecular flexibility index (Phi) is 2.68. The van der Waals surface area contributed by atoms with E-state index in [9.17, 15) is 4.79 Å². The van der Waals surface area contributed by atoms with E-state index in [1.165, 1.54) is 6.42 Å². The average Bonchev–Trinajstić information content (AvgIpc) is 2.75. The van der Waals surface area contributed by atoms with Crippen LogP contribution in [0.15, 0.2) is 23.8 Å². The zero-order chi connectivity index (χ0) is 11.0. The van der Waals surface area contributed by atoms with E-state index in [4.69, 9.17) is 4.74 Å². The van der Waals surface area contributed by atoms with E-state index in [-0.39, 0.29) is 12.1 Å². The number of carbonyl (C=O) groups excluding carboxylic acids is 1. The summed E-state index contributed by atoms with van der Waals surface area (Å²) in [5, 5.41) is 0.